The van der Waals surface area contributed by atoms with E-state index in [4.69, 9.17) is 4.74 Å². The Labute approximate surface area is 112 Å². The minimum absolute atomic E-state index is 0.0776. The summed E-state index contributed by atoms with van der Waals surface area (Å²) in [7, 11) is 0. The number of ketones is 1. The molecule has 0 bridgehead atoms. The molecule has 0 aliphatic carbocycles. The number of nitrogens with zero attached hydrogens (tertiary/aromatic N) is 1. The number of ether oxygens (including phenoxy) is 1. The lowest BCUT2D eigenvalue weighted by Crippen LogP contribution is -2.17. The van der Waals surface area contributed by atoms with Crippen molar-refractivity contribution in [1.29, 1.82) is 0 Å². The van der Waals surface area contributed by atoms with E-state index >= 15 is 0 Å². The highest BCUT2D eigenvalue weighted by Gasteiger charge is 2.24. The first-order valence-electron chi connectivity index (χ1n) is 6.10. The summed E-state index contributed by atoms with van der Waals surface area (Å²) in [5.41, 5.74) is 1.13. The van der Waals surface area contributed by atoms with Crippen molar-refractivity contribution < 1.29 is 9.53 Å². The van der Waals surface area contributed by atoms with Crippen molar-refractivity contribution in [2.24, 2.45) is 0 Å². The fourth-order valence-electron chi connectivity index (χ4n) is 1.94. The van der Waals surface area contributed by atoms with Crippen LogP contribution in [0.3, 0.4) is 0 Å². The molecule has 3 nitrogen and oxygen atoms in total. The summed E-state index contributed by atoms with van der Waals surface area (Å²) in [5.74, 6) is 0.952. The third kappa shape index (κ3) is 2.53. The minimum Gasteiger partial charge on any atom is -0.494 e. The predicted molar refractivity (Wildman–Crippen MR) is 75.3 cm³/mol. The Morgan fingerprint density at radius 3 is 2.83 bits per heavy atom. The zero-order chi connectivity index (χ0) is 13.1. The Morgan fingerprint density at radius 2 is 2.22 bits per heavy atom. The average Bonchev–Trinajstić information content (AvgIpc) is 2.65. The van der Waals surface area contributed by atoms with Gasteiger partial charge in [0.25, 0.3) is 0 Å². The predicted octanol–water partition coefficient (Wildman–Crippen LogP) is 3.45. The van der Waals surface area contributed by atoms with E-state index in [1.807, 2.05) is 19.1 Å². The maximum Gasteiger partial charge on any atom is 0.155 e. The number of allylic oxidation sites excluding steroid dienone is 1. The van der Waals surface area contributed by atoms with Crippen molar-refractivity contribution in [3.8, 4) is 5.75 Å². The van der Waals surface area contributed by atoms with Gasteiger partial charge in [0.1, 0.15) is 5.75 Å². The van der Waals surface area contributed by atoms with E-state index in [-0.39, 0.29) is 5.78 Å². The van der Waals surface area contributed by atoms with E-state index in [1.54, 1.807) is 24.8 Å². The molecule has 18 heavy (non-hydrogen) atoms. The lowest BCUT2D eigenvalue weighted by molar-refractivity contribution is -0.112. The summed E-state index contributed by atoms with van der Waals surface area (Å²) in [6.45, 7) is 7.14. The molecule has 0 aromatic heterocycles. The molecule has 1 aliphatic heterocycles. The van der Waals surface area contributed by atoms with Gasteiger partial charge in [0.05, 0.1) is 17.3 Å². The Hall–Kier alpha value is -1.42. The van der Waals surface area contributed by atoms with Gasteiger partial charge in [-0.05, 0) is 32.9 Å². The number of rotatable bonds is 4. The van der Waals surface area contributed by atoms with Crippen LogP contribution in [0.2, 0.25) is 0 Å². The second kappa shape index (κ2) is 5.48. The topological polar surface area (TPSA) is 29.5 Å². The van der Waals surface area contributed by atoms with Crippen molar-refractivity contribution in [3.63, 3.8) is 0 Å². The van der Waals surface area contributed by atoms with Crippen molar-refractivity contribution in [3.05, 3.63) is 29.3 Å². The first-order valence-corrected chi connectivity index (χ1v) is 6.91. The van der Waals surface area contributed by atoms with Crippen LogP contribution in [0.4, 0.5) is 5.69 Å². The maximum atomic E-state index is 11.2. The number of hydrogen-bond acceptors (Lipinski definition) is 4. The number of carbonyl (C=O) groups excluding carboxylic acids is 1. The van der Waals surface area contributed by atoms with Gasteiger partial charge in [-0.15, -0.1) is 0 Å². The third-order valence-corrected chi connectivity index (χ3v) is 3.77. The zero-order valence-corrected chi connectivity index (χ0v) is 11.7. The molecule has 0 saturated carbocycles. The van der Waals surface area contributed by atoms with Crippen molar-refractivity contribution in [2.45, 2.75) is 25.7 Å². The number of benzene rings is 1. The Kier molecular flexibility index (Phi) is 3.97. The van der Waals surface area contributed by atoms with Gasteiger partial charge in [-0.1, -0.05) is 11.8 Å². The van der Waals surface area contributed by atoms with E-state index in [0.717, 1.165) is 23.0 Å². The summed E-state index contributed by atoms with van der Waals surface area (Å²) in [4.78, 5) is 14.6. The number of anilines is 1. The quantitative estimate of drug-likeness (QED) is 0.778. The molecular weight excluding hydrogens is 246 g/mol. The fourth-order valence-corrected chi connectivity index (χ4v) is 3.14. The van der Waals surface area contributed by atoms with Gasteiger partial charge in [-0.3, -0.25) is 4.79 Å². The summed E-state index contributed by atoms with van der Waals surface area (Å²) in [5, 5.41) is 0.994. The molecular formula is C14H17NO2S. The summed E-state index contributed by atoms with van der Waals surface area (Å²) in [6, 6.07) is 6.06. The van der Waals surface area contributed by atoms with Crippen LogP contribution in [0.25, 0.3) is 0 Å². The van der Waals surface area contributed by atoms with Gasteiger partial charge < -0.3 is 9.64 Å². The highest BCUT2D eigenvalue weighted by molar-refractivity contribution is 8.03. The van der Waals surface area contributed by atoms with E-state index in [0.29, 0.717) is 6.61 Å². The van der Waals surface area contributed by atoms with Gasteiger partial charge in [0, 0.05) is 23.6 Å². The van der Waals surface area contributed by atoms with Crippen LogP contribution in [0.5, 0.6) is 5.75 Å². The number of carbonyl (C=O) groups is 1. The molecule has 2 rings (SSSR count). The van der Waals surface area contributed by atoms with Gasteiger partial charge in [0.15, 0.2) is 5.78 Å². The van der Waals surface area contributed by atoms with Crippen LogP contribution < -0.4 is 9.64 Å². The highest BCUT2D eigenvalue weighted by atomic mass is 32.2. The minimum atomic E-state index is 0.0776. The van der Waals surface area contributed by atoms with Crippen molar-refractivity contribution in [1.82, 2.24) is 0 Å². The Morgan fingerprint density at radius 1 is 1.44 bits per heavy atom. The summed E-state index contributed by atoms with van der Waals surface area (Å²) >= 11 is 1.63. The molecule has 1 aromatic carbocycles. The van der Waals surface area contributed by atoms with Gasteiger partial charge in [-0.2, -0.15) is 0 Å². The normalized spacial score (nSPS) is 15.9. The molecule has 0 atom stereocenters. The molecule has 0 unspecified atom stereocenters. The highest BCUT2D eigenvalue weighted by Crippen LogP contribution is 2.47. The SMILES string of the molecule is CCOc1ccc2c(c1)N(CC)C(=CC(C)=O)S2. The maximum absolute atomic E-state index is 11.2. The molecule has 0 saturated heterocycles. The van der Waals surface area contributed by atoms with Crippen LogP contribution in [0.15, 0.2) is 34.2 Å². The number of fused-ring (bicyclic) bond motifs is 1. The Bertz CT molecular complexity index is 497. The third-order valence-electron chi connectivity index (χ3n) is 2.66. The molecule has 1 aromatic rings. The first kappa shape index (κ1) is 13.0. The van der Waals surface area contributed by atoms with E-state index < -0.39 is 0 Å². The largest absolute Gasteiger partial charge is 0.494 e. The van der Waals surface area contributed by atoms with E-state index in [2.05, 4.69) is 17.9 Å². The van der Waals surface area contributed by atoms with E-state index in [9.17, 15) is 4.79 Å². The second-order valence-corrected chi connectivity index (χ2v) is 5.06. The molecule has 0 amide bonds. The van der Waals surface area contributed by atoms with Crippen molar-refractivity contribution >= 4 is 23.2 Å². The van der Waals surface area contributed by atoms with Gasteiger partial charge in [-0.25, -0.2) is 0 Å². The van der Waals surface area contributed by atoms with Crippen LogP contribution in [0, 0.1) is 0 Å². The monoisotopic (exact) mass is 263 g/mol. The van der Waals surface area contributed by atoms with Gasteiger partial charge in [0.2, 0.25) is 0 Å². The summed E-state index contributed by atoms with van der Waals surface area (Å²) in [6.07, 6.45) is 1.69. The molecule has 1 aliphatic rings. The molecule has 0 spiro atoms. The standard InChI is InChI=1S/C14H17NO2S/c1-4-15-12-9-11(17-5-2)6-7-13(12)18-14(15)8-10(3)16/h6-9H,4-5H2,1-3H3. The molecule has 0 fully saturated rings. The lowest BCUT2D eigenvalue weighted by Gasteiger charge is -2.18. The molecule has 4 heteroatoms. The first-order chi connectivity index (χ1) is 8.65. The molecule has 1 heterocycles. The lowest BCUT2D eigenvalue weighted by atomic mass is 10.2. The van der Waals surface area contributed by atoms with E-state index in [1.165, 1.54) is 4.90 Å². The molecule has 0 radical (unpaired) electrons. The van der Waals surface area contributed by atoms with Gasteiger partial charge >= 0.3 is 0 Å². The number of thioether (sulfide) groups is 1. The number of hydrogen-bond donors (Lipinski definition) is 0. The Balaban J connectivity index is 2.36. The van der Waals surface area contributed by atoms with Crippen LogP contribution in [-0.2, 0) is 4.79 Å². The molecule has 96 valence electrons. The molecule has 0 N–H and O–H groups in total. The smallest absolute Gasteiger partial charge is 0.155 e. The van der Waals surface area contributed by atoms with Crippen LogP contribution in [-0.4, -0.2) is 18.9 Å². The zero-order valence-electron chi connectivity index (χ0n) is 10.9. The summed E-state index contributed by atoms with van der Waals surface area (Å²) < 4.78 is 5.52. The van der Waals surface area contributed by atoms with Crippen molar-refractivity contribution in [2.75, 3.05) is 18.1 Å². The van der Waals surface area contributed by atoms with Crippen LogP contribution in [0.1, 0.15) is 20.8 Å². The fraction of sp³-hybridized carbons (Fsp3) is 0.357. The van der Waals surface area contributed by atoms with Crippen LogP contribution >= 0.6 is 11.8 Å². The average molecular weight is 263 g/mol. The second-order valence-electron chi connectivity index (χ2n) is 4.00.